The first-order valence-corrected chi connectivity index (χ1v) is 13.5. The van der Waals surface area contributed by atoms with E-state index in [1.165, 1.54) is 12.5 Å². The minimum Gasteiger partial charge on any atom is -0.478 e. The second kappa shape index (κ2) is 11.6. The quantitative estimate of drug-likeness (QED) is 0.249. The van der Waals surface area contributed by atoms with Crippen molar-refractivity contribution in [2.75, 3.05) is 13.1 Å². The molecule has 0 unspecified atom stereocenters. The number of ether oxygens (including phenoxy) is 1. The number of carbonyl (C=O) groups is 1. The van der Waals surface area contributed by atoms with Crippen molar-refractivity contribution in [1.29, 1.82) is 0 Å². The molecule has 4 heterocycles. The van der Waals surface area contributed by atoms with Gasteiger partial charge in [-0.2, -0.15) is 4.98 Å². The van der Waals surface area contributed by atoms with Crippen molar-refractivity contribution in [2.45, 2.75) is 38.5 Å². The van der Waals surface area contributed by atoms with E-state index >= 15 is 0 Å². The average molecular weight is 577 g/mol. The third kappa shape index (κ3) is 6.06. The molecule has 0 spiro atoms. The molecule has 41 heavy (non-hydrogen) atoms. The number of nitrogens with zero attached hydrogens (tertiary/aromatic N) is 6. The molecule has 0 atom stereocenters. The summed E-state index contributed by atoms with van der Waals surface area (Å²) >= 11 is 5.84. The van der Waals surface area contributed by atoms with Crippen LogP contribution in [0.5, 0.6) is 5.88 Å². The van der Waals surface area contributed by atoms with Gasteiger partial charge in [0.2, 0.25) is 12.3 Å². The Hall–Kier alpha value is -4.35. The summed E-state index contributed by atoms with van der Waals surface area (Å²) in [5.74, 6) is 0.594. The predicted octanol–water partition coefficient (Wildman–Crippen LogP) is 5.31. The molecule has 6 rings (SSSR count). The van der Waals surface area contributed by atoms with Crippen LogP contribution in [0.25, 0.3) is 11.0 Å². The van der Waals surface area contributed by atoms with Crippen LogP contribution in [-0.2, 0) is 19.7 Å². The molecular formula is C29H26ClFN6O4. The van der Waals surface area contributed by atoms with Crippen molar-refractivity contribution in [1.82, 2.24) is 29.6 Å². The molecule has 1 aliphatic rings. The van der Waals surface area contributed by atoms with E-state index in [9.17, 15) is 14.3 Å². The number of pyridine rings is 1. The summed E-state index contributed by atoms with van der Waals surface area (Å²) in [7, 11) is 0. The van der Waals surface area contributed by atoms with E-state index in [4.69, 9.17) is 30.8 Å². The maximum atomic E-state index is 14.1. The molecule has 1 N–H and O–H groups in total. The lowest BCUT2D eigenvalue weighted by atomic mass is 9.93. The zero-order valence-corrected chi connectivity index (χ0v) is 22.7. The van der Waals surface area contributed by atoms with E-state index in [2.05, 4.69) is 15.0 Å². The van der Waals surface area contributed by atoms with Crippen molar-refractivity contribution >= 4 is 28.6 Å². The van der Waals surface area contributed by atoms with Crippen LogP contribution in [0.3, 0.4) is 0 Å². The van der Waals surface area contributed by atoms with Crippen LogP contribution in [-0.4, -0.2) is 53.7 Å². The fourth-order valence-corrected chi connectivity index (χ4v) is 5.28. The highest BCUT2D eigenvalue weighted by Crippen LogP contribution is 2.29. The van der Waals surface area contributed by atoms with Gasteiger partial charge in [-0.3, -0.25) is 4.90 Å². The number of imidazole rings is 1. The first-order chi connectivity index (χ1) is 19.9. The number of benzene rings is 2. The standard InChI is InChI=1S/C29H26ClFN6O4/c30-21-6-4-20(22(31)13-21)16-40-28-3-1-2-23(34-28)18-8-10-36(11-9-18)15-27-33-24-7-5-19(29(38)39)12-25(24)37(27)14-26-32-17-41-35-26/h1-7,12-13,17-18H,8-11,14-16H2,(H,38,39). The van der Waals surface area contributed by atoms with E-state index in [0.717, 1.165) is 37.4 Å². The number of carboxylic acids is 1. The van der Waals surface area contributed by atoms with Crippen LogP contribution in [0.1, 0.15) is 52.0 Å². The molecule has 12 heteroatoms. The second-order valence-corrected chi connectivity index (χ2v) is 10.4. The predicted molar refractivity (Wildman–Crippen MR) is 147 cm³/mol. The number of aromatic nitrogens is 5. The van der Waals surface area contributed by atoms with E-state index in [0.29, 0.717) is 46.4 Å². The van der Waals surface area contributed by atoms with E-state index in [-0.39, 0.29) is 18.1 Å². The van der Waals surface area contributed by atoms with Gasteiger partial charge in [0.05, 0.1) is 29.7 Å². The molecule has 0 bridgehead atoms. The summed E-state index contributed by atoms with van der Waals surface area (Å²) < 4.78 is 26.7. The van der Waals surface area contributed by atoms with Crippen LogP contribution < -0.4 is 4.74 Å². The van der Waals surface area contributed by atoms with Crippen molar-refractivity contribution < 1.29 is 23.6 Å². The lowest BCUT2D eigenvalue weighted by Crippen LogP contribution is -2.33. The van der Waals surface area contributed by atoms with Crippen molar-refractivity contribution in [2.24, 2.45) is 0 Å². The summed E-state index contributed by atoms with van der Waals surface area (Å²) in [5, 5.41) is 13.8. The number of carboxylic acid groups (broad SMARTS) is 1. The van der Waals surface area contributed by atoms with Crippen LogP contribution in [0.2, 0.25) is 5.02 Å². The Bertz CT molecular complexity index is 1680. The van der Waals surface area contributed by atoms with E-state index in [1.54, 1.807) is 36.4 Å². The fourth-order valence-electron chi connectivity index (χ4n) is 5.12. The number of fused-ring (bicyclic) bond motifs is 1. The van der Waals surface area contributed by atoms with Gasteiger partial charge < -0.3 is 18.9 Å². The molecule has 1 fully saturated rings. The molecule has 1 saturated heterocycles. The van der Waals surface area contributed by atoms with Crippen molar-refractivity contribution in [3.8, 4) is 5.88 Å². The first kappa shape index (κ1) is 26.9. The highest BCUT2D eigenvalue weighted by Gasteiger charge is 2.24. The average Bonchev–Trinajstić information content (AvgIpc) is 3.61. The number of hydrogen-bond donors (Lipinski definition) is 1. The van der Waals surface area contributed by atoms with Gasteiger partial charge in [0.1, 0.15) is 18.2 Å². The van der Waals surface area contributed by atoms with Crippen molar-refractivity contribution in [3.63, 3.8) is 0 Å². The molecule has 10 nitrogen and oxygen atoms in total. The summed E-state index contributed by atoms with van der Waals surface area (Å²) in [4.78, 5) is 27.6. The molecule has 1 aliphatic heterocycles. The molecule has 2 aromatic carbocycles. The zero-order valence-electron chi connectivity index (χ0n) is 21.9. The molecule has 210 valence electrons. The van der Waals surface area contributed by atoms with Crippen LogP contribution in [0, 0.1) is 5.82 Å². The third-order valence-corrected chi connectivity index (χ3v) is 7.52. The Morgan fingerprint density at radius 2 is 1.95 bits per heavy atom. The van der Waals surface area contributed by atoms with Gasteiger partial charge in [-0.1, -0.05) is 28.9 Å². The summed E-state index contributed by atoms with van der Waals surface area (Å²) in [6.45, 7) is 2.64. The Morgan fingerprint density at radius 1 is 1.10 bits per heavy atom. The number of aromatic carboxylic acids is 1. The van der Waals surface area contributed by atoms with E-state index < -0.39 is 11.8 Å². The monoisotopic (exact) mass is 576 g/mol. The van der Waals surface area contributed by atoms with Gasteiger partial charge in [-0.15, -0.1) is 0 Å². The molecule has 3 aromatic heterocycles. The number of piperidine rings is 1. The van der Waals surface area contributed by atoms with Gasteiger partial charge in [0.15, 0.2) is 5.82 Å². The Kier molecular flexibility index (Phi) is 7.62. The van der Waals surface area contributed by atoms with Crippen LogP contribution >= 0.6 is 11.6 Å². The molecule has 0 aliphatic carbocycles. The summed E-state index contributed by atoms with van der Waals surface area (Å²) in [6.07, 6.45) is 3.07. The number of hydrogen-bond acceptors (Lipinski definition) is 8. The summed E-state index contributed by atoms with van der Waals surface area (Å²) in [5.41, 5.74) is 2.97. The molecule has 0 radical (unpaired) electrons. The van der Waals surface area contributed by atoms with E-state index in [1.807, 2.05) is 16.7 Å². The largest absolute Gasteiger partial charge is 0.478 e. The Morgan fingerprint density at radius 3 is 2.71 bits per heavy atom. The normalized spacial score (nSPS) is 14.5. The lowest BCUT2D eigenvalue weighted by Gasteiger charge is -2.31. The smallest absolute Gasteiger partial charge is 0.335 e. The molecule has 0 saturated carbocycles. The Balaban J connectivity index is 1.13. The SMILES string of the molecule is O=C(O)c1ccc2nc(CN3CCC(c4cccc(OCc5ccc(Cl)cc5F)n4)CC3)n(Cc3ncon3)c2c1. The topological polar surface area (TPSA) is 119 Å². The zero-order chi connectivity index (χ0) is 28.3. The maximum Gasteiger partial charge on any atom is 0.335 e. The van der Waals surface area contributed by atoms with Gasteiger partial charge in [-0.05, 0) is 62.3 Å². The third-order valence-electron chi connectivity index (χ3n) is 7.29. The minimum atomic E-state index is -0.997. The van der Waals surface area contributed by atoms with Gasteiger partial charge in [-0.25, -0.2) is 19.2 Å². The molecule has 5 aromatic rings. The van der Waals surface area contributed by atoms with Crippen LogP contribution in [0.4, 0.5) is 4.39 Å². The second-order valence-electron chi connectivity index (χ2n) is 9.95. The number of halogens is 2. The van der Waals surface area contributed by atoms with Gasteiger partial charge in [0, 0.05) is 28.3 Å². The number of rotatable bonds is 9. The highest BCUT2D eigenvalue weighted by atomic mass is 35.5. The van der Waals surface area contributed by atoms with Gasteiger partial charge >= 0.3 is 5.97 Å². The minimum absolute atomic E-state index is 0.0662. The van der Waals surface area contributed by atoms with Gasteiger partial charge in [0.25, 0.3) is 0 Å². The Labute approximate surface area is 239 Å². The molecule has 0 amide bonds. The fraction of sp³-hybridized carbons (Fsp3) is 0.276. The maximum absolute atomic E-state index is 14.1. The first-order valence-electron chi connectivity index (χ1n) is 13.2. The lowest BCUT2D eigenvalue weighted by molar-refractivity contribution is 0.0697. The van der Waals surface area contributed by atoms with Crippen molar-refractivity contribution in [3.05, 3.63) is 100 Å². The highest BCUT2D eigenvalue weighted by molar-refractivity contribution is 6.30. The van der Waals surface area contributed by atoms with Crippen LogP contribution in [0.15, 0.2) is 65.5 Å². The molecular weight excluding hydrogens is 551 g/mol. The summed E-state index contributed by atoms with van der Waals surface area (Å²) in [6, 6.07) is 15.1. The number of likely N-dealkylation sites (tertiary alicyclic amines) is 1.